The van der Waals surface area contributed by atoms with Crippen molar-refractivity contribution in [2.45, 2.75) is 50.1 Å². The van der Waals surface area contributed by atoms with Crippen LogP contribution in [0.1, 0.15) is 55.5 Å². The fourth-order valence-electron chi connectivity index (χ4n) is 3.64. The highest BCUT2D eigenvalue weighted by Crippen LogP contribution is 2.48. The lowest BCUT2D eigenvalue weighted by molar-refractivity contribution is -0.123. The summed E-state index contributed by atoms with van der Waals surface area (Å²) in [5.74, 6) is -0.478. The van der Waals surface area contributed by atoms with Gasteiger partial charge in [0.2, 0.25) is 11.9 Å². The average molecular weight is 353 g/mol. The number of hydrogen-bond acceptors (Lipinski definition) is 3. The summed E-state index contributed by atoms with van der Waals surface area (Å²) in [7, 11) is 0. The van der Waals surface area contributed by atoms with E-state index in [9.17, 15) is 9.18 Å². The fraction of sp³-hybridized carbons (Fsp3) is 0.429. The maximum absolute atomic E-state index is 14.7. The van der Waals surface area contributed by atoms with E-state index in [1.807, 2.05) is 42.5 Å². The van der Waals surface area contributed by atoms with Gasteiger partial charge in [0, 0.05) is 5.56 Å². The molecule has 1 saturated heterocycles. The Morgan fingerprint density at radius 1 is 1.27 bits per heavy atom. The lowest BCUT2D eigenvalue weighted by Gasteiger charge is -2.22. The zero-order chi connectivity index (χ0) is 18.1. The van der Waals surface area contributed by atoms with Crippen molar-refractivity contribution in [3.8, 4) is 0 Å². The van der Waals surface area contributed by atoms with Crippen LogP contribution in [0.25, 0.3) is 0 Å². The molecule has 1 amide bonds. The van der Waals surface area contributed by atoms with Gasteiger partial charge < -0.3 is 10.6 Å². The smallest absolute Gasteiger partial charge is 0.237 e. The first-order valence-corrected chi connectivity index (χ1v) is 9.32. The molecule has 4 rings (SSSR count). The van der Waals surface area contributed by atoms with Crippen LogP contribution in [0.15, 0.2) is 42.5 Å². The van der Waals surface area contributed by atoms with Crippen LogP contribution >= 0.6 is 0 Å². The number of benzene rings is 1. The molecule has 2 fully saturated rings. The molecule has 1 aromatic heterocycles. The SMILES string of the molecule is CC1(c2ccc([C@@H](NC(=O)C3CCCN3)c3ccccc3)nc2F)CC1. The standard InChI is InChI=1S/C21H24FN3O/c1-21(11-12-21)15-9-10-16(24-19(15)22)18(14-6-3-2-4-7-14)25-20(26)17-8-5-13-23-17/h2-4,6-7,9-10,17-18,23H,5,8,11-13H2,1H3,(H,25,26)/t17?,18-/m0/s1. The van der Waals surface area contributed by atoms with Crippen LogP contribution in [0.5, 0.6) is 0 Å². The Kier molecular flexibility index (Phi) is 4.49. The molecular formula is C21H24FN3O. The first-order valence-electron chi connectivity index (χ1n) is 9.32. The Balaban J connectivity index is 1.64. The summed E-state index contributed by atoms with van der Waals surface area (Å²) in [5, 5.41) is 6.27. The molecule has 5 heteroatoms. The van der Waals surface area contributed by atoms with E-state index in [0.717, 1.165) is 37.8 Å². The van der Waals surface area contributed by atoms with Crippen LogP contribution in [0.4, 0.5) is 4.39 Å². The summed E-state index contributed by atoms with van der Waals surface area (Å²) in [6.07, 6.45) is 3.81. The number of pyridine rings is 1. The Bertz CT molecular complexity index is 798. The molecular weight excluding hydrogens is 329 g/mol. The van der Waals surface area contributed by atoms with Crippen molar-refractivity contribution in [1.29, 1.82) is 0 Å². The van der Waals surface area contributed by atoms with Crippen LogP contribution in [0.3, 0.4) is 0 Å². The van der Waals surface area contributed by atoms with Crippen molar-refractivity contribution in [3.63, 3.8) is 0 Å². The fourth-order valence-corrected chi connectivity index (χ4v) is 3.64. The van der Waals surface area contributed by atoms with Gasteiger partial charge in [-0.2, -0.15) is 4.39 Å². The Morgan fingerprint density at radius 3 is 2.65 bits per heavy atom. The summed E-state index contributed by atoms with van der Waals surface area (Å²) in [5.41, 5.74) is 2.04. The van der Waals surface area contributed by atoms with Gasteiger partial charge >= 0.3 is 0 Å². The van der Waals surface area contributed by atoms with Crippen molar-refractivity contribution < 1.29 is 9.18 Å². The van der Waals surface area contributed by atoms with Gasteiger partial charge in [-0.1, -0.05) is 43.3 Å². The molecule has 1 aliphatic heterocycles. The molecule has 4 nitrogen and oxygen atoms in total. The second kappa shape index (κ2) is 6.80. The number of nitrogens with one attached hydrogen (secondary N) is 2. The number of rotatable bonds is 5. The van der Waals surface area contributed by atoms with E-state index in [0.29, 0.717) is 11.3 Å². The maximum Gasteiger partial charge on any atom is 0.237 e. The van der Waals surface area contributed by atoms with E-state index < -0.39 is 12.0 Å². The summed E-state index contributed by atoms with van der Waals surface area (Å²) in [6.45, 7) is 2.92. The molecule has 0 spiro atoms. The number of carbonyl (C=O) groups is 1. The molecule has 2 N–H and O–H groups in total. The minimum absolute atomic E-state index is 0.0585. The number of hydrogen-bond donors (Lipinski definition) is 2. The van der Waals surface area contributed by atoms with Crippen molar-refractivity contribution >= 4 is 5.91 Å². The molecule has 2 heterocycles. The van der Waals surface area contributed by atoms with Gasteiger partial charge in [-0.15, -0.1) is 0 Å². The van der Waals surface area contributed by atoms with Gasteiger partial charge in [0.15, 0.2) is 0 Å². The molecule has 1 aliphatic carbocycles. The Morgan fingerprint density at radius 2 is 2.04 bits per heavy atom. The summed E-state index contributed by atoms with van der Waals surface area (Å²) < 4.78 is 14.7. The third kappa shape index (κ3) is 3.36. The van der Waals surface area contributed by atoms with Crippen molar-refractivity contribution in [2.75, 3.05) is 6.54 Å². The number of amides is 1. The predicted octanol–water partition coefficient (Wildman–Crippen LogP) is 3.23. The van der Waals surface area contributed by atoms with E-state index in [-0.39, 0.29) is 17.4 Å². The van der Waals surface area contributed by atoms with Crippen molar-refractivity contribution in [2.24, 2.45) is 0 Å². The van der Waals surface area contributed by atoms with Gasteiger partial charge in [-0.25, -0.2) is 4.98 Å². The second-order valence-electron chi connectivity index (χ2n) is 7.64. The maximum atomic E-state index is 14.7. The van der Waals surface area contributed by atoms with E-state index in [4.69, 9.17) is 0 Å². The second-order valence-corrected chi connectivity index (χ2v) is 7.64. The number of nitrogens with zero attached hydrogens (tertiary/aromatic N) is 1. The third-order valence-electron chi connectivity index (χ3n) is 5.61. The Hall–Kier alpha value is -2.27. The number of aromatic nitrogens is 1. The molecule has 1 aromatic carbocycles. The average Bonchev–Trinajstić information content (AvgIpc) is 3.17. The highest BCUT2D eigenvalue weighted by molar-refractivity contribution is 5.82. The minimum atomic E-state index is -0.457. The molecule has 26 heavy (non-hydrogen) atoms. The van der Waals surface area contributed by atoms with Gasteiger partial charge in [-0.05, 0) is 49.3 Å². The molecule has 2 aliphatic rings. The summed E-state index contributed by atoms with van der Waals surface area (Å²) in [4.78, 5) is 16.9. The summed E-state index contributed by atoms with van der Waals surface area (Å²) >= 11 is 0. The first-order chi connectivity index (χ1) is 12.6. The molecule has 1 saturated carbocycles. The third-order valence-corrected chi connectivity index (χ3v) is 5.61. The van der Waals surface area contributed by atoms with Crippen LogP contribution in [-0.4, -0.2) is 23.5 Å². The topological polar surface area (TPSA) is 54.0 Å². The highest BCUT2D eigenvalue weighted by atomic mass is 19.1. The van der Waals surface area contributed by atoms with E-state index in [1.165, 1.54) is 0 Å². The predicted molar refractivity (Wildman–Crippen MR) is 98.2 cm³/mol. The molecule has 136 valence electrons. The van der Waals surface area contributed by atoms with Crippen LogP contribution < -0.4 is 10.6 Å². The van der Waals surface area contributed by atoms with Gasteiger partial charge in [0.1, 0.15) is 0 Å². The first kappa shape index (κ1) is 17.2. The summed E-state index contributed by atoms with van der Waals surface area (Å²) in [6, 6.07) is 12.7. The zero-order valence-electron chi connectivity index (χ0n) is 15.0. The van der Waals surface area contributed by atoms with Crippen LogP contribution in [-0.2, 0) is 10.2 Å². The quantitative estimate of drug-likeness (QED) is 0.812. The van der Waals surface area contributed by atoms with E-state index >= 15 is 0 Å². The number of halogens is 1. The Labute approximate surface area is 153 Å². The highest BCUT2D eigenvalue weighted by Gasteiger charge is 2.41. The number of carbonyl (C=O) groups excluding carboxylic acids is 1. The molecule has 1 unspecified atom stereocenters. The van der Waals surface area contributed by atoms with Gasteiger partial charge in [0.25, 0.3) is 0 Å². The van der Waals surface area contributed by atoms with Gasteiger partial charge in [0.05, 0.1) is 17.8 Å². The van der Waals surface area contributed by atoms with Crippen LogP contribution in [0.2, 0.25) is 0 Å². The monoisotopic (exact) mass is 353 g/mol. The lowest BCUT2D eigenvalue weighted by Crippen LogP contribution is -2.42. The largest absolute Gasteiger partial charge is 0.342 e. The van der Waals surface area contributed by atoms with E-state index in [1.54, 1.807) is 0 Å². The molecule has 0 bridgehead atoms. The van der Waals surface area contributed by atoms with E-state index in [2.05, 4.69) is 22.5 Å². The van der Waals surface area contributed by atoms with Gasteiger partial charge in [-0.3, -0.25) is 4.79 Å². The van der Waals surface area contributed by atoms with Crippen molar-refractivity contribution in [3.05, 3.63) is 65.2 Å². The normalized spacial score (nSPS) is 22.0. The molecule has 0 radical (unpaired) electrons. The lowest BCUT2D eigenvalue weighted by atomic mass is 9.97. The minimum Gasteiger partial charge on any atom is -0.342 e. The van der Waals surface area contributed by atoms with Crippen LogP contribution in [0, 0.1) is 5.95 Å². The molecule has 2 atom stereocenters. The zero-order valence-corrected chi connectivity index (χ0v) is 15.0. The van der Waals surface area contributed by atoms with Crippen molar-refractivity contribution in [1.82, 2.24) is 15.6 Å². The molecule has 2 aromatic rings.